The third kappa shape index (κ3) is 6.18. The van der Waals surface area contributed by atoms with Crippen LogP contribution in [0.3, 0.4) is 0 Å². The maximum Gasteiger partial charge on any atom is 0.274 e. The molecule has 0 radical (unpaired) electrons. The summed E-state index contributed by atoms with van der Waals surface area (Å²) in [5.41, 5.74) is 1.38. The molecule has 32 heavy (non-hydrogen) atoms. The molecule has 0 unspecified atom stereocenters. The van der Waals surface area contributed by atoms with Gasteiger partial charge in [0.1, 0.15) is 11.4 Å². The van der Waals surface area contributed by atoms with Gasteiger partial charge in [0.05, 0.1) is 18.5 Å². The van der Waals surface area contributed by atoms with E-state index in [9.17, 15) is 9.59 Å². The topological polar surface area (TPSA) is 78.9 Å². The second kappa shape index (κ2) is 11.5. The number of hydrogen-bond donors (Lipinski definition) is 0. The van der Waals surface area contributed by atoms with Gasteiger partial charge in [0, 0.05) is 58.1 Å². The minimum Gasteiger partial charge on any atom is -0.492 e. The second-order valence-electron chi connectivity index (χ2n) is 8.25. The molecule has 2 amide bonds. The Balaban J connectivity index is 1.55. The highest BCUT2D eigenvalue weighted by molar-refractivity contribution is 5.92. The minimum absolute atomic E-state index is 0.0726. The molecule has 0 atom stereocenters. The minimum atomic E-state index is -0.183. The van der Waals surface area contributed by atoms with Crippen molar-refractivity contribution in [3.05, 3.63) is 48.5 Å². The van der Waals surface area contributed by atoms with Crippen molar-refractivity contribution in [1.82, 2.24) is 19.8 Å². The van der Waals surface area contributed by atoms with Gasteiger partial charge in [-0.1, -0.05) is 26.0 Å². The Hall–Kier alpha value is -3.16. The first-order valence-electron chi connectivity index (χ1n) is 11.3. The van der Waals surface area contributed by atoms with Crippen LogP contribution < -0.4 is 9.64 Å². The Kier molecular flexibility index (Phi) is 8.41. The molecule has 0 N–H and O–H groups in total. The van der Waals surface area contributed by atoms with Crippen LogP contribution in [0.1, 0.15) is 37.7 Å². The second-order valence-corrected chi connectivity index (χ2v) is 8.25. The summed E-state index contributed by atoms with van der Waals surface area (Å²) in [5.74, 6) is 1.06. The largest absolute Gasteiger partial charge is 0.492 e. The Bertz CT molecular complexity index is 882. The lowest BCUT2D eigenvalue weighted by Gasteiger charge is -2.37. The summed E-state index contributed by atoms with van der Waals surface area (Å²) in [6, 6.07) is 8.02. The van der Waals surface area contributed by atoms with E-state index in [1.807, 2.05) is 30.0 Å². The van der Waals surface area contributed by atoms with Crippen LogP contribution in [0.2, 0.25) is 0 Å². The number of benzene rings is 1. The zero-order valence-electron chi connectivity index (χ0n) is 19.2. The molecule has 1 aliphatic rings. The van der Waals surface area contributed by atoms with Gasteiger partial charge in [-0.25, -0.2) is 4.98 Å². The van der Waals surface area contributed by atoms with E-state index in [-0.39, 0.29) is 11.8 Å². The van der Waals surface area contributed by atoms with Gasteiger partial charge in [-0.05, 0) is 25.0 Å². The number of ether oxygens (including phenoxy) is 1. The predicted octanol–water partition coefficient (Wildman–Crippen LogP) is 2.71. The lowest BCUT2D eigenvalue weighted by molar-refractivity contribution is -0.131. The van der Waals surface area contributed by atoms with E-state index in [1.165, 1.54) is 12.4 Å². The fraction of sp³-hybridized carbons (Fsp3) is 0.500. The van der Waals surface area contributed by atoms with Gasteiger partial charge in [-0.15, -0.1) is 0 Å². The molecule has 8 nitrogen and oxygen atoms in total. The van der Waals surface area contributed by atoms with Crippen molar-refractivity contribution >= 4 is 17.5 Å². The zero-order chi connectivity index (χ0) is 22.9. The number of carbonyl (C=O) groups is 2. The van der Waals surface area contributed by atoms with Crippen molar-refractivity contribution in [2.45, 2.75) is 27.2 Å². The third-order valence-electron chi connectivity index (χ3n) is 5.39. The lowest BCUT2D eigenvalue weighted by atomic mass is 10.2. The van der Waals surface area contributed by atoms with E-state index in [0.29, 0.717) is 50.8 Å². The number of carbonyl (C=O) groups excluding carboxylic acids is 2. The summed E-state index contributed by atoms with van der Waals surface area (Å²) in [7, 11) is 0. The average molecular weight is 440 g/mol. The number of rotatable bonds is 9. The molecule has 2 heterocycles. The molecule has 1 fully saturated rings. The summed E-state index contributed by atoms with van der Waals surface area (Å²) in [5, 5.41) is 0. The number of piperazine rings is 1. The smallest absolute Gasteiger partial charge is 0.274 e. The molecule has 0 spiro atoms. The standard InChI is InChI=1S/C24H33N5O3/c1-4-32-22-8-6-5-7-21(22)27-13-15-28(16-14-27)23(30)9-12-29(18-19(2)3)24(31)20-17-25-10-11-26-20/h5-8,10-11,17,19H,4,9,12-16,18H2,1-3H3. The number of nitrogens with zero attached hydrogens (tertiary/aromatic N) is 5. The van der Waals surface area contributed by atoms with E-state index in [2.05, 4.69) is 34.8 Å². The van der Waals surface area contributed by atoms with E-state index in [1.54, 1.807) is 11.1 Å². The first-order valence-corrected chi connectivity index (χ1v) is 11.3. The summed E-state index contributed by atoms with van der Waals surface area (Å²) in [4.78, 5) is 39.7. The van der Waals surface area contributed by atoms with Crippen LogP contribution in [-0.4, -0.2) is 77.5 Å². The first kappa shape index (κ1) is 23.5. The molecular weight excluding hydrogens is 406 g/mol. The Morgan fingerprint density at radius 2 is 1.88 bits per heavy atom. The van der Waals surface area contributed by atoms with E-state index >= 15 is 0 Å². The zero-order valence-corrected chi connectivity index (χ0v) is 19.2. The molecule has 1 aromatic heterocycles. The summed E-state index contributed by atoms with van der Waals surface area (Å²) in [6.07, 6.45) is 4.82. The summed E-state index contributed by atoms with van der Waals surface area (Å²) < 4.78 is 5.75. The van der Waals surface area contributed by atoms with Gasteiger partial charge in [0.15, 0.2) is 0 Å². The normalized spacial score (nSPS) is 13.9. The highest BCUT2D eigenvalue weighted by Gasteiger charge is 2.25. The molecular formula is C24H33N5O3. The van der Waals surface area contributed by atoms with Gasteiger partial charge >= 0.3 is 0 Å². The predicted molar refractivity (Wildman–Crippen MR) is 124 cm³/mol. The third-order valence-corrected chi connectivity index (χ3v) is 5.39. The fourth-order valence-electron chi connectivity index (χ4n) is 3.87. The van der Waals surface area contributed by atoms with Gasteiger partial charge in [-0.2, -0.15) is 0 Å². The van der Waals surface area contributed by atoms with Crippen LogP contribution in [0.15, 0.2) is 42.9 Å². The first-order chi connectivity index (χ1) is 15.5. The number of amides is 2. The van der Waals surface area contributed by atoms with Crippen LogP contribution in [0.4, 0.5) is 5.69 Å². The lowest BCUT2D eigenvalue weighted by Crippen LogP contribution is -2.49. The molecule has 0 bridgehead atoms. The van der Waals surface area contributed by atoms with Crippen LogP contribution in [0.5, 0.6) is 5.75 Å². The Morgan fingerprint density at radius 3 is 2.53 bits per heavy atom. The van der Waals surface area contributed by atoms with Crippen LogP contribution in [0.25, 0.3) is 0 Å². The van der Waals surface area contributed by atoms with E-state index in [0.717, 1.165) is 24.5 Å². The van der Waals surface area contributed by atoms with Crippen LogP contribution >= 0.6 is 0 Å². The molecule has 1 aromatic carbocycles. The number of para-hydroxylation sites is 2. The van der Waals surface area contributed by atoms with Crippen LogP contribution in [-0.2, 0) is 4.79 Å². The Morgan fingerprint density at radius 1 is 1.12 bits per heavy atom. The summed E-state index contributed by atoms with van der Waals surface area (Å²) in [6.45, 7) is 10.5. The van der Waals surface area contributed by atoms with Crippen molar-refractivity contribution in [2.24, 2.45) is 5.92 Å². The number of anilines is 1. The summed E-state index contributed by atoms with van der Waals surface area (Å²) >= 11 is 0. The number of hydrogen-bond acceptors (Lipinski definition) is 6. The molecule has 1 aliphatic heterocycles. The number of aromatic nitrogens is 2. The van der Waals surface area contributed by atoms with Gasteiger partial charge in [0.2, 0.25) is 5.91 Å². The van der Waals surface area contributed by atoms with E-state index in [4.69, 9.17) is 4.74 Å². The maximum absolute atomic E-state index is 12.9. The van der Waals surface area contributed by atoms with Crippen LogP contribution in [0, 0.1) is 5.92 Å². The van der Waals surface area contributed by atoms with Gasteiger partial charge in [-0.3, -0.25) is 14.6 Å². The highest BCUT2D eigenvalue weighted by Crippen LogP contribution is 2.28. The van der Waals surface area contributed by atoms with Crippen molar-refractivity contribution < 1.29 is 14.3 Å². The van der Waals surface area contributed by atoms with Crippen molar-refractivity contribution in [3.63, 3.8) is 0 Å². The quantitative estimate of drug-likeness (QED) is 0.598. The van der Waals surface area contributed by atoms with Crippen molar-refractivity contribution in [1.29, 1.82) is 0 Å². The van der Waals surface area contributed by atoms with Gasteiger partial charge in [0.25, 0.3) is 5.91 Å². The molecule has 1 saturated heterocycles. The molecule has 0 saturated carbocycles. The van der Waals surface area contributed by atoms with Crippen molar-refractivity contribution in [2.75, 3.05) is 50.8 Å². The van der Waals surface area contributed by atoms with Gasteiger partial charge < -0.3 is 19.4 Å². The monoisotopic (exact) mass is 439 g/mol. The molecule has 0 aliphatic carbocycles. The average Bonchev–Trinajstić information content (AvgIpc) is 2.82. The van der Waals surface area contributed by atoms with Crippen molar-refractivity contribution in [3.8, 4) is 5.75 Å². The fourth-order valence-corrected chi connectivity index (χ4v) is 3.87. The molecule has 3 rings (SSSR count). The SMILES string of the molecule is CCOc1ccccc1N1CCN(C(=O)CCN(CC(C)C)C(=O)c2cnccn2)CC1. The molecule has 172 valence electrons. The molecule has 2 aromatic rings. The molecule has 8 heteroatoms. The Labute approximate surface area is 190 Å². The van der Waals surface area contributed by atoms with E-state index < -0.39 is 0 Å². The highest BCUT2D eigenvalue weighted by atomic mass is 16.5. The maximum atomic E-state index is 12.9.